The zero-order valence-electron chi connectivity index (χ0n) is 9.09. The molecule has 1 N–H and O–H groups in total. The van der Waals surface area contributed by atoms with Gasteiger partial charge in [0.05, 0.1) is 18.5 Å². The first-order valence-electron chi connectivity index (χ1n) is 4.59. The molecular weight excluding hydrogens is 254 g/mol. The first kappa shape index (κ1) is 13.7. The normalized spacial score (nSPS) is 10.4. The average molecular weight is 262 g/mol. The Labute approximate surface area is 99.2 Å². The Balaban J connectivity index is 3.41. The van der Waals surface area contributed by atoms with E-state index in [1.165, 1.54) is 0 Å². The Morgan fingerprint density at radius 3 is 2.67 bits per heavy atom. The highest BCUT2D eigenvalue weighted by molar-refractivity contribution is 5.71. The monoisotopic (exact) mass is 262 g/mol. The summed E-state index contributed by atoms with van der Waals surface area (Å²) in [5.74, 6) is -1.65. The quantitative estimate of drug-likeness (QED) is 0.638. The summed E-state index contributed by atoms with van der Waals surface area (Å²) >= 11 is 0. The number of aromatic nitrogens is 1. The van der Waals surface area contributed by atoms with Gasteiger partial charge in [-0.15, -0.1) is 0 Å². The Morgan fingerprint density at radius 2 is 2.28 bits per heavy atom. The highest BCUT2D eigenvalue weighted by Gasteiger charge is 2.27. The standard InChI is InChI=1S/C9H8F2N2O5/c1-18-9-4(3-6(14)15)2-5(13(16)17)7(12-9)8(10)11/h2,8H,3H2,1H3,(H,14,15). The van der Waals surface area contributed by atoms with Crippen LogP contribution in [0.1, 0.15) is 17.7 Å². The van der Waals surface area contributed by atoms with Crippen molar-refractivity contribution in [3.63, 3.8) is 0 Å². The van der Waals surface area contributed by atoms with E-state index in [9.17, 15) is 23.7 Å². The number of carboxylic acids is 1. The van der Waals surface area contributed by atoms with Crippen LogP contribution < -0.4 is 4.74 Å². The van der Waals surface area contributed by atoms with Crippen molar-refractivity contribution in [2.75, 3.05) is 7.11 Å². The third-order valence-electron chi connectivity index (χ3n) is 2.01. The van der Waals surface area contributed by atoms with Crippen molar-refractivity contribution in [3.8, 4) is 5.88 Å². The first-order valence-corrected chi connectivity index (χ1v) is 4.59. The number of nitro groups is 1. The second-order valence-corrected chi connectivity index (χ2v) is 3.19. The lowest BCUT2D eigenvalue weighted by Crippen LogP contribution is -2.08. The molecule has 0 saturated carbocycles. The summed E-state index contributed by atoms with van der Waals surface area (Å²) < 4.78 is 29.8. The van der Waals surface area contributed by atoms with E-state index in [0.29, 0.717) is 0 Å². The molecule has 98 valence electrons. The minimum absolute atomic E-state index is 0.138. The molecule has 0 saturated heterocycles. The second kappa shape index (κ2) is 5.34. The van der Waals surface area contributed by atoms with Crippen molar-refractivity contribution in [3.05, 3.63) is 27.4 Å². The molecule has 9 heteroatoms. The van der Waals surface area contributed by atoms with E-state index in [2.05, 4.69) is 9.72 Å². The second-order valence-electron chi connectivity index (χ2n) is 3.19. The number of hydrogen-bond acceptors (Lipinski definition) is 5. The Kier molecular flexibility index (Phi) is 4.08. The smallest absolute Gasteiger partial charge is 0.308 e. The molecule has 18 heavy (non-hydrogen) atoms. The van der Waals surface area contributed by atoms with E-state index in [1.807, 2.05) is 0 Å². The Hall–Kier alpha value is -2.32. The van der Waals surface area contributed by atoms with Gasteiger partial charge >= 0.3 is 5.97 Å². The topological polar surface area (TPSA) is 103 Å². The number of pyridine rings is 1. The van der Waals surface area contributed by atoms with E-state index in [4.69, 9.17) is 5.11 Å². The van der Waals surface area contributed by atoms with Gasteiger partial charge in [0.2, 0.25) is 5.88 Å². The van der Waals surface area contributed by atoms with Gasteiger partial charge in [-0.1, -0.05) is 0 Å². The molecule has 7 nitrogen and oxygen atoms in total. The number of alkyl halides is 2. The molecule has 0 atom stereocenters. The minimum Gasteiger partial charge on any atom is -0.481 e. The third-order valence-corrected chi connectivity index (χ3v) is 2.01. The van der Waals surface area contributed by atoms with E-state index < -0.39 is 35.1 Å². The SMILES string of the molecule is COc1nc(C(F)F)c([N+](=O)[O-])cc1CC(=O)O. The van der Waals surface area contributed by atoms with E-state index in [-0.39, 0.29) is 11.4 Å². The highest BCUT2D eigenvalue weighted by atomic mass is 19.3. The molecule has 0 aliphatic heterocycles. The molecular formula is C9H8F2N2O5. The number of nitrogens with zero attached hydrogens (tertiary/aromatic N) is 2. The number of hydrogen-bond donors (Lipinski definition) is 1. The molecule has 0 fully saturated rings. The first-order chi connectivity index (χ1) is 8.36. The molecule has 0 spiro atoms. The van der Waals surface area contributed by atoms with Gasteiger partial charge in [0.25, 0.3) is 12.1 Å². The highest BCUT2D eigenvalue weighted by Crippen LogP contribution is 2.31. The Morgan fingerprint density at radius 1 is 1.67 bits per heavy atom. The number of carboxylic acid groups (broad SMARTS) is 1. The van der Waals surface area contributed by atoms with Crippen molar-refractivity contribution in [1.82, 2.24) is 4.98 Å². The summed E-state index contributed by atoms with van der Waals surface area (Å²) in [6.07, 6.45) is -3.77. The largest absolute Gasteiger partial charge is 0.481 e. The minimum atomic E-state index is -3.15. The van der Waals surface area contributed by atoms with Gasteiger partial charge in [-0.3, -0.25) is 14.9 Å². The number of aliphatic carboxylic acids is 1. The number of carbonyl (C=O) groups is 1. The van der Waals surface area contributed by atoms with Gasteiger partial charge in [-0.25, -0.2) is 13.8 Å². The zero-order valence-corrected chi connectivity index (χ0v) is 9.09. The van der Waals surface area contributed by atoms with E-state index >= 15 is 0 Å². The van der Waals surface area contributed by atoms with Crippen LogP contribution in [0.2, 0.25) is 0 Å². The zero-order chi connectivity index (χ0) is 13.9. The van der Waals surface area contributed by atoms with Gasteiger partial charge in [0.15, 0.2) is 5.69 Å². The van der Waals surface area contributed by atoms with Gasteiger partial charge in [0, 0.05) is 11.6 Å². The molecule has 0 amide bonds. The number of ether oxygens (including phenoxy) is 1. The van der Waals surface area contributed by atoms with Crippen LogP contribution in [0.5, 0.6) is 5.88 Å². The molecule has 0 unspecified atom stereocenters. The summed E-state index contributed by atoms with van der Waals surface area (Å²) in [6, 6.07) is 0.738. The number of rotatable bonds is 5. The van der Waals surface area contributed by atoms with Crippen LogP contribution in [0.25, 0.3) is 0 Å². The van der Waals surface area contributed by atoms with Gasteiger partial charge < -0.3 is 9.84 Å². The van der Waals surface area contributed by atoms with E-state index in [1.54, 1.807) is 0 Å². The van der Waals surface area contributed by atoms with Crippen molar-refractivity contribution in [1.29, 1.82) is 0 Å². The van der Waals surface area contributed by atoms with Crippen LogP contribution in [0.15, 0.2) is 6.07 Å². The molecule has 1 heterocycles. The third kappa shape index (κ3) is 2.87. The van der Waals surface area contributed by atoms with Crippen molar-refractivity contribution in [2.45, 2.75) is 12.8 Å². The molecule has 1 aromatic heterocycles. The lowest BCUT2D eigenvalue weighted by molar-refractivity contribution is -0.386. The van der Waals surface area contributed by atoms with Crippen molar-refractivity contribution < 1.29 is 28.3 Å². The molecule has 1 aromatic rings. The van der Waals surface area contributed by atoms with Crippen LogP contribution >= 0.6 is 0 Å². The maximum atomic E-state index is 12.6. The maximum Gasteiger partial charge on any atom is 0.308 e. The molecule has 0 radical (unpaired) electrons. The average Bonchev–Trinajstić information content (AvgIpc) is 2.27. The molecule has 1 rings (SSSR count). The van der Waals surface area contributed by atoms with Crippen molar-refractivity contribution >= 4 is 11.7 Å². The van der Waals surface area contributed by atoms with Crippen molar-refractivity contribution in [2.24, 2.45) is 0 Å². The summed E-state index contributed by atoms with van der Waals surface area (Å²) in [5, 5.41) is 19.2. The number of halogens is 2. The molecule has 0 bridgehead atoms. The molecule has 0 aliphatic carbocycles. The summed E-state index contributed by atoms with van der Waals surface area (Å²) in [6.45, 7) is 0. The van der Waals surface area contributed by atoms with Crippen LogP contribution in [0.4, 0.5) is 14.5 Å². The summed E-state index contributed by atoms with van der Waals surface area (Å²) in [4.78, 5) is 23.4. The fourth-order valence-corrected chi connectivity index (χ4v) is 1.31. The van der Waals surface area contributed by atoms with Gasteiger partial charge in [-0.05, 0) is 0 Å². The lowest BCUT2D eigenvalue weighted by atomic mass is 10.1. The summed E-state index contributed by atoms with van der Waals surface area (Å²) in [5.41, 5.74) is -2.12. The molecule has 0 aliphatic rings. The summed E-state index contributed by atoms with van der Waals surface area (Å²) in [7, 11) is 1.11. The fourth-order valence-electron chi connectivity index (χ4n) is 1.31. The van der Waals surface area contributed by atoms with Crippen LogP contribution in [-0.4, -0.2) is 28.1 Å². The fraction of sp³-hybridized carbons (Fsp3) is 0.333. The van der Waals surface area contributed by atoms with Crippen LogP contribution in [-0.2, 0) is 11.2 Å². The molecule has 0 aromatic carbocycles. The van der Waals surface area contributed by atoms with E-state index in [0.717, 1.165) is 13.2 Å². The predicted octanol–water partition coefficient (Wildman–Crippen LogP) is 1.56. The van der Waals surface area contributed by atoms with Crippen LogP contribution in [0, 0.1) is 10.1 Å². The predicted molar refractivity (Wildman–Crippen MR) is 53.7 cm³/mol. The maximum absolute atomic E-state index is 12.6. The van der Waals surface area contributed by atoms with Crippen LogP contribution in [0.3, 0.4) is 0 Å². The number of methoxy groups -OCH3 is 1. The van der Waals surface area contributed by atoms with Gasteiger partial charge in [-0.2, -0.15) is 0 Å². The van der Waals surface area contributed by atoms with Gasteiger partial charge in [0.1, 0.15) is 0 Å². The lowest BCUT2D eigenvalue weighted by Gasteiger charge is -2.08. The Bertz CT molecular complexity index is 492.